The number of thioether (sulfide) groups is 1. The van der Waals surface area contributed by atoms with Crippen LogP contribution in [0.5, 0.6) is 0 Å². The molecule has 1 aromatic heterocycles. The summed E-state index contributed by atoms with van der Waals surface area (Å²) >= 11 is 7.53. The van der Waals surface area contributed by atoms with Gasteiger partial charge in [0.25, 0.3) is 5.91 Å². The van der Waals surface area contributed by atoms with Gasteiger partial charge in [-0.15, -0.1) is 0 Å². The third-order valence-corrected chi connectivity index (χ3v) is 6.08. The lowest BCUT2D eigenvalue weighted by atomic mass is 10.1. The van der Waals surface area contributed by atoms with Crippen molar-refractivity contribution in [3.05, 3.63) is 57.9 Å². The normalized spacial score (nSPS) is 17.7. The molecule has 154 valence electrons. The van der Waals surface area contributed by atoms with Crippen molar-refractivity contribution in [3.8, 4) is 5.69 Å². The maximum Gasteiger partial charge on any atom is 0.283 e. The van der Waals surface area contributed by atoms with Crippen molar-refractivity contribution in [2.45, 2.75) is 34.1 Å². The van der Waals surface area contributed by atoms with Crippen molar-refractivity contribution < 1.29 is 4.79 Å². The van der Waals surface area contributed by atoms with E-state index in [1.807, 2.05) is 44.2 Å². The molecule has 1 amide bonds. The van der Waals surface area contributed by atoms with Crippen molar-refractivity contribution in [1.82, 2.24) is 9.58 Å². The van der Waals surface area contributed by atoms with Crippen molar-refractivity contribution >= 4 is 51.4 Å². The highest BCUT2D eigenvalue weighted by atomic mass is 35.5. The maximum absolute atomic E-state index is 12.7. The average molecular weight is 440 g/mol. The predicted molar refractivity (Wildman–Crippen MR) is 125 cm³/mol. The Labute approximate surface area is 184 Å². The molecule has 0 fully saturated rings. The van der Waals surface area contributed by atoms with Crippen LogP contribution in [0.3, 0.4) is 0 Å². The first-order valence-electron chi connectivity index (χ1n) is 9.68. The van der Waals surface area contributed by atoms with E-state index in [1.165, 1.54) is 16.8 Å². The first-order chi connectivity index (χ1) is 14.2. The third-order valence-electron chi connectivity index (χ3n) is 4.92. The first kappa shape index (κ1) is 20.6. The number of benzene rings is 1. The monoisotopic (exact) mass is 439 g/mol. The van der Waals surface area contributed by atoms with Gasteiger partial charge in [-0.3, -0.25) is 10.2 Å². The summed E-state index contributed by atoms with van der Waals surface area (Å²) in [7, 11) is 0. The van der Waals surface area contributed by atoms with Crippen LogP contribution in [0, 0.1) is 25.2 Å². The molecular formula is C22H22ClN5OS. The molecule has 2 aliphatic heterocycles. The zero-order chi connectivity index (χ0) is 21.6. The number of hydrogen-bond donors (Lipinski definition) is 1. The van der Waals surface area contributed by atoms with E-state index in [0.29, 0.717) is 16.1 Å². The lowest BCUT2D eigenvalue weighted by molar-refractivity contribution is -0.114. The van der Waals surface area contributed by atoms with E-state index in [4.69, 9.17) is 17.0 Å². The Bertz CT molecular complexity index is 1160. The van der Waals surface area contributed by atoms with Gasteiger partial charge in [-0.25, -0.2) is 0 Å². The van der Waals surface area contributed by atoms with E-state index in [2.05, 4.69) is 28.5 Å². The molecule has 0 aliphatic carbocycles. The molecule has 2 aromatic rings. The van der Waals surface area contributed by atoms with E-state index < -0.39 is 5.91 Å². The molecule has 0 unspecified atom stereocenters. The van der Waals surface area contributed by atoms with E-state index in [-0.39, 0.29) is 11.4 Å². The molecule has 1 N–H and O–H groups in total. The fourth-order valence-corrected chi connectivity index (χ4v) is 4.85. The van der Waals surface area contributed by atoms with E-state index in [9.17, 15) is 4.79 Å². The summed E-state index contributed by atoms with van der Waals surface area (Å²) in [5.41, 5.74) is 4.01. The maximum atomic E-state index is 12.7. The molecule has 0 saturated carbocycles. The number of amidine groups is 2. The highest BCUT2D eigenvalue weighted by Crippen LogP contribution is 2.31. The van der Waals surface area contributed by atoms with Crippen molar-refractivity contribution in [3.63, 3.8) is 0 Å². The van der Waals surface area contributed by atoms with Gasteiger partial charge in [0.15, 0.2) is 5.84 Å². The SMILES string of the molecule is Cc1cc(C=C2C(=N)N3N=C(CC(C)C)SC3=NC2=O)c(C)n1-c1cccc(Cl)c1. The molecule has 0 spiro atoms. The molecule has 8 heteroatoms. The number of carbonyl (C=O) groups excluding carboxylic acids is 1. The molecule has 6 nitrogen and oxygen atoms in total. The van der Waals surface area contributed by atoms with Crippen molar-refractivity contribution in [2.75, 3.05) is 0 Å². The zero-order valence-corrected chi connectivity index (χ0v) is 18.8. The van der Waals surface area contributed by atoms with Gasteiger partial charge in [0.05, 0.1) is 5.57 Å². The van der Waals surface area contributed by atoms with Gasteiger partial charge in [-0.05, 0) is 67.4 Å². The molecule has 0 radical (unpaired) electrons. The molecule has 3 heterocycles. The van der Waals surface area contributed by atoms with Crippen LogP contribution in [0.15, 0.2) is 46.0 Å². The van der Waals surface area contributed by atoms with Crippen LogP contribution in [-0.4, -0.2) is 31.5 Å². The van der Waals surface area contributed by atoms with Crippen LogP contribution >= 0.6 is 23.4 Å². The van der Waals surface area contributed by atoms with E-state index in [1.54, 1.807) is 6.08 Å². The summed E-state index contributed by atoms with van der Waals surface area (Å²) in [5.74, 6) is 0.0890. The lowest BCUT2D eigenvalue weighted by Gasteiger charge is -2.20. The molecule has 2 aliphatic rings. The number of fused-ring (bicyclic) bond motifs is 1. The average Bonchev–Trinajstić information content (AvgIpc) is 3.18. The Kier molecular flexibility index (Phi) is 5.42. The van der Waals surface area contributed by atoms with Gasteiger partial charge < -0.3 is 4.57 Å². The van der Waals surface area contributed by atoms with Crippen LogP contribution < -0.4 is 0 Å². The Morgan fingerprint density at radius 2 is 2.03 bits per heavy atom. The highest BCUT2D eigenvalue weighted by Gasteiger charge is 2.35. The van der Waals surface area contributed by atoms with Crippen LogP contribution in [0.1, 0.15) is 37.2 Å². The number of hydrogen-bond acceptors (Lipinski definition) is 4. The number of halogens is 1. The Morgan fingerprint density at radius 3 is 2.73 bits per heavy atom. The number of aryl methyl sites for hydroxylation is 1. The summed E-state index contributed by atoms with van der Waals surface area (Å²) in [6.45, 7) is 8.20. The van der Waals surface area contributed by atoms with E-state index >= 15 is 0 Å². The smallest absolute Gasteiger partial charge is 0.283 e. The second-order valence-corrected chi connectivity index (χ2v) is 9.23. The van der Waals surface area contributed by atoms with Gasteiger partial charge in [0, 0.05) is 28.5 Å². The van der Waals surface area contributed by atoms with Gasteiger partial charge in [0.1, 0.15) is 5.04 Å². The number of hydrazone groups is 1. The number of nitrogens with one attached hydrogen (secondary N) is 1. The summed E-state index contributed by atoms with van der Waals surface area (Å²) in [6, 6.07) is 9.62. The minimum Gasteiger partial charge on any atom is -0.318 e. The summed E-state index contributed by atoms with van der Waals surface area (Å²) in [6.07, 6.45) is 2.52. The number of amides is 1. The second kappa shape index (κ2) is 7.89. The standard InChI is InChI=1S/C22H22ClN5OS/c1-12(2)8-19-26-28-20(24)18(21(29)25-22(28)30-19)10-15-9-13(3)27(14(15)4)17-7-5-6-16(23)11-17/h5-7,9-12,24H,8H2,1-4H3. The fraction of sp³-hybridized carbons (Fsp3) is 0.273. The lowest BCUT2D eigenvalue weighted by Crippen LogP contribution is -2.35. The molecule has 1 aromatic carbocycles. The molecular weight excluding hydrogens is 418 g/mol. The number of rotatable bonds is 4. The molecule has 4 rings (SSSR count). The number of carbonyl (C=O) groups is 1. The summed E-state index contributed by atoms with van der Waals surface area (Å²) in [4.78, 5) is 16.9. The molecule has 0 bridgehead atoms. The first-order valence-corrected chi connectivity index (χ1v) is 10.9. The van der Waals surface area contributed by atoms with Crippen LogP contribution in [-0.2, 0) is 4.79 Å². The van der Waals surface area contributed by atoms with Crippen LogP contribution in [0.25, 0.3) is 11.8 Å². The molecule has 30 heavy (non-hydrogen) atoms. The Hall–Kier alpha value is -2.64. The number of nitrogens with zero attached hydrogens (tertiary/aromatic N) is 4. The van der Waals surface area contributed by atoms with Gasteiger partial charge in [0.2, 0.25) is 5.17 Å². The zero-order valence-electron chi connectivity index (χ0n) is 17.2. The third kappa shape index (κ3) is 3.75. The summed E-state index contributed by atoms with van der Waals surface area (Å²) in [5, 5.41) is 16.5. The molecule has 0 saturated heterocycles. The minimum absolute atomic E-state index is 0.0591. The van der Waals surface area contributed by atoms with Crippen molar-refractivity contribution in [1.29, 1.82) is 5.41 Å². The van der Waals surface area contributed by atoms with Gasteiger partial charge in [-0.2, -0.15) is 15.1 Å². The van der Waals surface area contributed by atoms with Gasteiger partial charge in [-0.1, -0.05) is 31.5 Å². The minimum atomic E-state index is -0.410. The van der Waals surface area contributed by atoms with E-state index in [0.717, 1.165) is 34.1 Å². The quantitative estimate of drug-likeness (QED) is 0.647. The van der Waals surface area contributed by atoms with Gasteiger partial charge >= 0.3 is 0 Å². The molecule has 0 atom stereocenters. The van der Waals surface area contributed by atoms with Crippen LogP contribution in [0.2, 0.25) is 5.02 Å². The van der Waals surface area contributed by atoms with Crippen molar-refractivity contribution in [2.24, 2.45) is 16.0 Å². The number of aliphatic imine (C=N–C) groups is 1. The summed E-state index contributed by atoms with van der Waals surface area (Å²) < 4.78 is 2.08. The number of aromatic nitrogens is 1. The highest BCUT2D eigenvalue weighted by molar-refractivity contribution is 8.26. The Balaban J connectivity index is 1.71. The topological polar surface area (TPSA) is 73.8 Å². The predicted octanol–water partition coefficient (Wildman–Crippen LogP) is 5.41. The fourth-order valence-electron chi connectivity index (χ4n) is 3.57. The largest absolute Gasteiger partial charge is 0.318 e. The second-order valence-electron chi connectivity index (χ2n) is 7.75. The Morgan fingerprint density at radius 1 is 1.27 bits per heavy atom. The van der Waals surface area contributed by atoms with Crippen LogP contribution in [0.4, 0.5) is 0 Å².